The number of nitrogens with zero attached hydrogens (tertiary/aromatic N) is 6. The molecule has 178 valence electrons. The third-order valence-corrected chi connectivity index (χ3v) is 7.05. The molecule has 1 aliphatic heterocycles. The first-order valence-corrected chi connectivity index (χ1v) is 12.5. The van der Waals surface area contributed by atoms with Gasteiger partial charge in [-0.25, -0.2) is 9.97 Å². The molecule has 7 heteroatoms. The Kier molecular flexibility index (Phi) is 5.78. The quantitative estimate of drug-likeness (QED) is 0.438. The second-order valence-corrected chi connectivity index (χ2v) is 9.66. The first kappa shape index (κ1) is 21.9. The first-order chi connectivity index (χ1) is 17.2. The Bertz CT molecular complexity index is 1350. The summed E-state index contributed by atoms with van der Waals surface area (Å²) >= 11 is 0. The molecule has 0 N–H and O–H groups in total. The average Bonchev–Trinajstić information content (AvgIpc) is 3.72. The molecule has 4 heterocycles. The summed E-state index contributed by atoms with van der Waals surface area (Å²) in [4.78, 5) is 27.9. The van der Waals surface area contributed by atoms with E-state index in [1.807, 2.05) is 36.1 Å². The molecule has 4 aromatic rings. The molecule has 7 nitrogen and oxygen atoms in total. The molecule has 2 fully saturated rings. The molecular formula is C28H30N6O. The molecule has 35 heavy (non-hydrogen) atoms. The van der Waals surface area contributed by atoms with Crippen molar-refractivity contribution in [2.24, 2.45) is 0 Å². The summed E-state index contributed by atoms with van der Waals surface area (Å²) in [5, 5.41) is 5.60. The van der Waals surface area contributed by atoms with Crippen LogP contribution in [-0.4, -0.2) is 61.6 Å². The summed E-state index contributed by atoms with van der Waals surface area (Å²) in [6, 6.07) is 18.4. The maximum Gasteiger partial charge on any atom is 0.254 e. The lowest BCUT2D eigenvalue weighted by molar-refractivity contribution is 0.0763. The summed E-state index contributed by atoms with van der Waals surface area (Å²) in [5.74, 6) is 1.24. The van der Waals surface area contributed by atoms with Crippen LogP contribution in [0, 0.1) is 6.92 Å². The lowest BCUT2D eigenvalue weighted by Crippen LogP contribution is -2.35. The molecule has 0 unspecified atom stereocenters. The van der Waals surface area contributed by atoms with Crippen molar-refractivity contribution in [1.82, 2.24) is 29.5 Å². The highest BCUT2D eigenvalue weighted by molar-refractivity contribution is 6.06. The second kappa shape index (κ2) is 9.23. The van der Waals surface area contributed by atoms with Gasteiger partial charge in [-0.05, 0) is 49.9 Å². The van der Waals surface area contributed by atoms with Crippen molar-refractivity contribution in [3.63, 3.8) is 0 Å². The third kappa shape index (κ3) is 4.44. The van der Waals surface area contributed by atoms with Gasteiger partial charge < -0.3 is 4.90 Å². The van der Waals surface area contributed by atoms with Gasteiger partial charge in [-0.1, -0.05) is 36.4 Å². The largest absolute Gasteiger partial charge is 0.337 e. The number of aryl methyl sites for hydroxylation is 1. The van der Waals surface area contributed by atoms with Crippen LogP contribution in [0.4, 0.5) is 0 Å². The minimum atomic E-state index is 0.0875. The Hall–Kier alpha value is -3.58. The van der Waals surface area contributed by atoms with Crippen molar-refractivity contribution in [3.8, 4) is 5.82 Å². The molecule has 3 aromatic heterocycles. The van der Waals surface area contributed by atoms with E-state index in [1.165, 1.54) is 5.56 Å². The van der Waals surface area contributed by atoms with E-state index in [2.05, 4.69) is 40.2 Å². The average molecular weight is 467 g/mol. The van der Waals surface area contributed by atoms with Crippen LogP contribution < -0.4 is 0 Å². The molecule has 0 atom stereocenters. The van der Waals surface area contributed by atoms with Gasteiger partial charge in [0.25, 0.3) is 5.91 Å². The van der Waals surface area contributed by atoms with Gasteiger partial charge in [0.15, 0.2) is 11.5 Å². The van der Waals surface area contributed by atoms with Crippen LogP contribution in [0.2, 0.25) is 0 Å². The molecule has 1 saturated heterocycles. The minimum absolute atomic E-state index is 0.0875. The van der Waals surface area contributed by atoms with Gasteiger partial charge in [0, 0.05) is 50.5 Å². The van der Waals surface area contributed by atoms with Gasteiger partial charge in [0.2, 0.25) is 0 Å². The predicted octanol–water partition coefficient (Wildman–Crippen LogP) is 4.35. The second-order valence-electron chi connectivity index (χ2n) is 9.66. The molecule has 0 bridgehead atoms. The molecule has 0 spiro atoms. The summed E-state index contributed by atoms with van der Waals surface area (Å²) < 4.78 is 1.79. The van der Waals surface area contributed by atoms with Gasteiger partial charge in [-0.3, -0.25) is 9.69 Å². The van der Waals surface area contributed by atoms with Crippen LogP contribution in [0.25, 0.3) is 16.9 Å². The van der Waals surface area contributed by atoms with E-state index >= 15 is 0 Å². The molecule has 1 aliphatic carbocycles. The number of fused-ring (bicyclic) bond motifs is 1. The highest BCUT2D eigenvalue weighted by atomic mass is 16.2. The van der Waals surface area contributed by atoms with Crippen LogP contribution in [0.3, 0.4) is 0 Å². The molecule has 0 radical (unpaired) electrons. The van der Waals surface area contributed by atoms with E-state index in [1.54, 1.807) is 10.9 Å². The topological polar surface area (TPSA) is 67.2 Å². The number of benzene rings is 1. The molecule has 6 rings (SSSR count). The first-order valence-electron chi connectivity index (χ1n) is 12.5. The highest BCUT2D eigenvalue weighted by Gasteiger charge is 2.31. The Morgan fingerprint density at radius 2 is 1.83 bits per heavy atom. The number of pyridine rings is 2. The Morgan fingerprint density at radius 1 is 1.00 bits per heavy atom. The van der Waals surface area contributed by atoms with E-state index < -0.39 is 0 Å². The maximum atomic E-state index is 14.0. The molecule has 1 amide bonds. The van der Waals surface area contributed by atoms with Gasteiger partial charge in [0.05, 0.1) is 16.6 Å². The summed E-state index contributed by atoms with van der Waals surface area (Å²) in [6.07, 6.45) is 4.98. The van der Waals surface area contributed by atoms with Crippen LogP contribution in [-0.2, 0) is 6.54 Å². The Morgan fingerprint density at radius 3 is 2.60 bits per heavy atom. The number of carbonyl (C=O) groups excluding carboxylic acids is 1. The standard InChI is InChI=1S/C28H30N6O/c1-20-26-23(28(35)33-15-7-14-32(16-17-33)19-21-8-3-2-4-9-21)18-24(22-11-12-22)30-27(26)34(31-20)25-10-5-6-13-29-25/h2-6,8-10,13,18,22H,7,11-12,14-17,19H2,1H3. The molecule has 1 saturated carbocycles. The van der Waals surface area contributed by atoms with Crippen molar-refractivity contribution in [2.45, 2.75) is 38.6 Å². The van der Waals surface area contributed by atoms with Crippen molar-refractivity contribution >= 4 is 16.9 Å². The van der Waals surface area contributed by atoms with E-state index in [-0.39, 0.29) is 5.91 Å². The van der Waals surface area contributed by atoms with Gasteiger partial charge in [-0.15, -0.1) is 0 Å². The number of hydrogen-bond acceptors (Lipinski definition) is 5. The van der Waals surface area contributed by atoms with Gasteiger partial charge in [-0.2, -0.15) is 9.78 Å². The van der Waals surface area contributed by atoms with Gasteiger partial charge >= 0.3 is 0 Å². The number of aromatic nitrogens is 4. The minimum Gasteiger partial charge on any atom is -0.337 e. The fraction of sp³-hybridized carbons (Fsp3) is 0.357. The summed E-state index contributed by atoms with van der Waals surface area (Å²) in [5.41, 5.74) is 4.58. The zero-order valence-electron chi connectivity index (χ0n) is 20.1. The van der Waals surface area contributed by atoms with Crippen LogP contribution in [0.1, 0.15) is 52.5 Å². The molecule has 1 aromatic carbocycles. The predicted molar refractivity (Wildman–Crippen MR) is 136 cm³/mol. The van der Waals surface area contributed by atoms with E-state index in [4.69, 9.17) is 10.1 Å². The van der Waals surface area contributed by atoms with E-state index in [0.717, 1.165) is 85.8 Å². The lowest BCUT2D eigenvalue weighted by atomic mass is 10.1. The summed E-state index contributed by atoms with van der Waals surface area (Å²) in [7, 11) is 0. The third-order valence-electron chi connectivity index (χ3n) is 7.05. The summed E-state index contributed by atoms with van der Waals surface area (Å²) in [6.45, 7) is 6.23. The Balaban J connectivity index is 1.32. The fourth-order valence-corrected chi connectivity index (χ4v) is 5.05. The van der Waals surface area contributed by atoms with Crippen LogP contribution >= 0.6 is 0 Å². The lowest BCUT2D eigenvalue weighted by Gasteiger charge is -2.22. The van der Waals surface area contributed by atoms with Crippen molar-refractivity contribution < 1.29 is 4.79 Å². The van der Waals surface area contributed by atoms with Gasteiger partial charge in [0.1, 0.15) is 0 Å². The monoisotopic (exact) mass is 466 g/mol. The number of carbonyl (C=O) groups is 1. The zero-order chi connectivity index (χ0) is 23.8. The highest BCUT2D eigenvalue weighted by Crippen LogP contribution is 2.41. The molecular weight excluding hydrogens is 436 g/mol. The van der Waals surface area contributed by atoms with E-state index in [9.17, 15) is 4.79 Å². The number of amides is 1. The molecule has 2 aliphatic rings. The van der Waals surface area contributed by atoms with E-state index in [0.29, 0.717) is 5.92 Å². The number of hydrogen-bond donors (Lipinski definition) is 0. The maximum absolute atomic E-state index is 14.0. The number of rotatable bonds is 5. The van der Waals surface area contributed by atoms with Crippen LogP contribution in [0.5, 0.6) is 0 Å². The smallest absolute Gasteiger partial charge is 0.254 e. The van der Waals surface area contributed by atoms with Crippen LogP contribution in [0.15, 0.2) is 60.8 Å². The SMILES string of the molecule is Cc1nn(-c2ccccn2)c2nc(C3CC3)cc(C(=O)N3CCCN(Cc4ccccc4)CC3)c12. The fourth-order valence-electron chi connectivity index (χ4n) is 5.05. The van der Waals surface area contributed by atoms with Crippen molar-refractivity contribution in [3.05, 3.63) is 83.3 Å². The zero-order valence-corrected chi connectivity index (χ0v) is 20.1. The normalized spacial score (nSPS) is 17.0. The van der Waals surface area contributed by atoms with Crippen molar-refractivity contribution in [2.75, 3.05) is 26.2 Å². The Labute approximate surface area is 205 Å². The van der Waals surface area contributed by atoms with Crippen molar-refractivity contribution in [1.29, 1.82) is 0 Å².